The number of aliphatic hydroxyl groups is 1. The molecule has 2 fully saturated rings. The van der Waals surface area contributed by atoms with Gasteiger partial charge < -0.3 is 5.11 Å². The molecule has 2 unspecified atom stereocenters. The minimum atomic E-state index is -3.58. The number of nitrogens with zero attached hydrogens (tertiary/aromatic N) is 1. The fourth-order valence-corrected chi connectivity index (χ4v) is 5.66. The van der Waals surface area contributed by atoms with Crippen LogP contribution in [0, 0.1) is 11.8 Å². The quantitative estimate of drug-likeness (QED) is 0.767. The maximum Gasteiger partial charge on any atom is 0.240 e. The third kappa shape index (κ3) is 3.66. The van der Waals surface area contributed by atoms with E-state index in [9.17, 15) is 13.5 Å². The molecule has 144 valence electrons. The number of aromatic nitrogens is 1. The summed E-state index contributed by atoms with van der Waals surface area (Å²) in [5.41, 5.74) is 1.71. The minimum Gasteiger partial charge on any atom is -0.395 e. The zero-order valence-electron chi connectivity index (χ0n) is 15.3. The molecular weight excluding hydrogens is 360 g/mol. The minimum absolute atomic E-state index is 0.138. The van der Waals surface area contributed by atoms with Gasteiger partial charge in [-0.1, -0.05) is 43.9 Å². The molecule has 2 atom stereocenters. The van der Waals surface area contributed by atoms with Crippen LogP contribution in [0.15, 0.2) is 53.7 Å². The number of nitrogens with one attached hydrogen (secondary N) is 1. The fourth-order valence-electron chi connectivity index (χ4n) is 4.65. The zero-order valence-corrected chi connectivity index (χ0v) is 16.2. The van der Waals surface area contributed by atoms with E-state index in [0.29, 0.717) is 11.8 Å². The van der Waals surface area contributed by atoms with Crippen LogP contribution in [-0.2, 0) is 22.0 Å². The molecule has 0 bridgehead atoms. The first-order valence-corrected chi connectivity index (χ1v) is 11.1. The van der Waals surface area contributed by atoms with Crippen LogP contribution in [-0.4, -0.2) is 25.1 Å². The number of pyridine rings is 1. The summed E-state index contributed by atoms with van der Waals surface area (Å²) in [6.45, 7) is 0.349. The van der Waals surface area contributed by atoms with Gasteiger partial charge in [0.15, 0.2) is 0 Å². The molecule has 0 radical (unpaired) electrons. The van der Waals surface area contributed by atoms with Crippen LogP contribution in [0.4, 0.5) is 0 Å². The Morgan fingerprint density at radius 3 is 2.52 bits per heavy atom. The van der Waals surface area contributed by atoms with E-state index in [1.54, 1.807) is 30.6 Å². The summed E-state index contributed by atoms with van der Waals surface area (Å²) in [5.74, 6) is 1.25. The lowest BCUT2D eigenvalue weighted by Crippen LogP contribution is -2.24. The first kappa shape index (κ1) is 18.6. The van der Waals surface area contributed by atoms with Crippen LogP contribution in [0.2, 0.25) is 0 Å². The molecule has 0 aliphatic heterocycles. The van der Waals surface area contributed by atoms with Crippen LogP contribution in [0.3, 0.4) is 0 Å². The Hall–Kier alpha value is -1.76. The average molecular weight is 387 g/mol. The molecule has 2 N–H and O–H groups in total. The van der Waals surface area contributed by atoms with Crippen molar-refractivity contribution in [2.75, 3.05) is 6.61 Å². The molecule has 2 saturated carbocycles. The molecule has 0 saturated heterocycles. The lowest BCUT2D eigenvalue weighted by molar-refractivity contribution is 0.233. The summed E-state index contributed by atoms with van der Waals surface area (Å²) in [4.78, 5) is 4.25. The second-order valence-electron chi connectivity index (χ2n) is 7.88. The third-order valence-electron chi connectivity index (χ3n) is 6.31. The van der Waals surface area contributed by atoms with Gasteiger partial charge in [0.1, 0.15) is 0 Å². The molecule has 4 rings (SSSR count). The average Bonchev–Trinajstić information content (AvgIpc) is 3.21. The molecule has 2 aliphatic carbocycles. The van der Waals surface area contributed by atoms with Gasteiger partial charge in [-0.15, -0.1) is 0 Å². The van der Waals surface area contributed by atoms with Crippen LogP contribution in [0.25, 0.3) is 0 Å². The molecule has 1 aromatic heterocycles. The number of hydrogen-bond acceptors (Lipinski definition) is 4. The molecular formula is C21H26N2O3S. The van der Waals surface area contributed by atoms with E-state index in [0.717, 1.165) is 17.5 Å². The fraction of sp³-hybridized carbons (Fsp3) is 0.476. The van der Waals surface area contributed by atoms with Crippen LogP contribution in [0.5, 0.6) is 0 Å². The largest absolute Gasteiger partial charge is 0.395 e. The Balaban J connectivity index is 1.46. The normalized spacial score (nSPS) is 25.6. The summed E-state index contributed by atoms with van der Waals surface area (Å²) in [7, 11) is -3.58. The maximum atomic E-state index is 12.5. The maximum absolute atomic E-state index is 12.5. The van der Waals surface area contributed by atoms with Crippen molar-refractivity contribution >= 4 is 10.0 Å². The van der Waals surface area contributed by atoms with E-state index in [1.165, 1.54) is 25.7 Å². The molecule has 2 aromatic rings. The number of hydrogen-bond donors (Lipinski definition) is 2. The van der Waals surface area contributed by atoms with E-state index >= 15 is 0 Å². The Kier molecular flexibility index (Phi) is 5.05. The molecule has 5 nitrogen and oxygen atoms in total. The number of aliphatic hydroxyl groups excluding tert-OH is 1. The predicted molar refractivity (Wildman–Crippen MR) is 104 cm³/mol. The van der Waals surface area contributed by atoms with Crippen molar-refractivity contribution in [2.24, 2.45) is 11.8 Å². The van der Waals surface area contributed by atoms with E-state index < -0.39 is 10.0 Å². The molecule has 1 aromatic carbocycles. The van der Waals surface area contributed by atoms with Gasteiger partial charge in [0, 0.05) is 24.4 Å². The predicted octanol–water partition coefficient (Wildman–Crippen LogP) is 3.00. The molecule has 27 heavy (non-hydrogen) atoms. The van der Waals surface area contributed by atoms with Crippen molar-refractivity contribution in [3.05, 3.63) is 59.9 Å². The highest BCUT2D eigenvalue weighted by Gasteiger charge is 2.57. The Morgan fingerprint density at radius 1 is 1.15 bits per heavy atom. The molecule has 0 spiro atoms. The highest BCUT2D eigenvalue weighted by atomic mass is 32.2. The van der Waals surface area contributed by atoms with Crippen molar-refractivity contribution in [3.8, 4) is 0 Å². The second kappa shape index (κ2) is 7.34. The van der Waals surface area contributed by atoms with Crippen LogP contribution in [0.1, 0.15) is 43.2 Å². The van der Waals surface area contributed by atoms with Gasteiger partial charge in [-0.05, 0) is 47.6 Å². The summed E-state index contributed by atoms with van der Waals surface area (Å²) in [6, 6.07) is 10.7. The van der Waals surface area contributed by atoms with E-state index in [2.05, 4.69) is 9.71 Å². The third-order valence-corrected chi connectivity index (χ3v) is 7.73. The first-order valence-electron chi connectivity index (χ1n) is 9.65. The Morgan fingerprint density at radius 2 is 1.89 bits per heavy atom. The Labute approximate surface area is 160 Å². The highest BCUT2D eigenvalue weighted by Crippen LogP contribution is 2.60. The van der Waals surface area contributed by atoms with Crippen LogP contribution < -0.4 is 4.72 Å². The van der Waals surface area contributed by atoms with Gasteiger partial charge in [0.25, 0.3) is 0 Å². The van der Waals surface area contributed by atoms with Gasteiger partial charge in [-0.25, -0.2) is 13.1 Å². The van der Waals surface area contributed by atoms with Gasteiger partial charge in [-0.2, -0.15) is 0 Å². The molecule has 2 aliphatic rings. The van der Waals surface area contributed by atoms with Gasteiger partial charge in [0.2, 0.25) is 10.0 Å². The van der Waals surface area contributed by atoms with Crippen LogP contribution >= 0.6 is 0 Å². The highest BCUT2D eigenvalue weighted by molar-refractivity contribution is 7.89. The second-order valence-corrected chi connectivity index (χ2v) is 9.65. The smallest absolute Gasteiger partial charge is 0.240 e. The van der Waals surface area contributed by atoms with Crippen molar-refractivity contribution in [1.29, 1.82) is 0 Å². The van der Waals surface area contributed by atoms with Crippen molar-refractivity contribution < 1.29 is 13.5 Å². The van der Waals surface area contributed by atoms with Crippen molar-refractivity contribution in [1.82, 2.24) is 9.71 Å². The number of rotatable bonds is 7. The van der Waals surface area contributed by atoms with E-state index in [-0.39, 0.29) is 23.5 Å². The van der Waals surface area contributed by atoms with Gasteiger partial charge in [-0.3, -0.25) is 4.98 Å². The SMILES string of the molecule is O=S(=O)(NCc1cccnc1)c1ccc(C2(CO)CC2C2CCCC2)cc1. The number of sulfonamides is 1. The van der Waals surface area contributed by atoms with Crippen molar-refractivity contribution in [3.63, 3.8) is 0 Å². The first-order chi connectivity index (χ1) is 13.0. The standard InChI is InChI=1S/C21H26N2O3S/c24-15-21(12-20(21)17-5-1-2-6-17)18-7-9-19(10-8-18)27(25,26)23-14-16-4-3-11-22-13-16/h3-4,7-11,13,17,20,23-24H,1-2,5-6,12,14-15H2. The lowest BCUT2D eigenvalue weighted by Gasteiger charge is -2.19. The topological polar surface area (TPSA) is 79.3 Å². The summed E-state index contributed by atoms with van der Waals surface area (Å²) in [5, 5.41) is 10.0. The summed E-state index contributed by atoms with van der Waals surface area (Å²) < 4.78 is 27.7. The zero-order chi connectivity index (χ0) is 18.9. The molecule has 6 heteroatoms. The number of benzene rings is 1. The Bertz CT molecular complexity index is 877. The van der Waals surface area contributed by atoms with E-state index in [4.69, 9.17) is 0 Å². The lowest BCUT2D eigenvalue weighted by atomic mass is 9.88. The van der Waals surface area contributed by atoms with Gasteiger partial charge >= 0.3 is 0 Å². The van der Waals surface area contributed by atoms with Crippen molar-refractivity contribution in [2.45, 2.75) is 49.0 Å². The monoisotopic (exact) mass is 386 g/mol. The summed E-state index contributed by atoms with van der Waals surface area (Å²) >= 11 is 0. The molecule has 0 amide bonds. The summed E-state index contributed by atoms with van der Waals surface area (Å²) in [6.07, 6.45) is 9.43. The van der Waals surface area contributed by atoms with E-state index in [1.807, 2.05) is 18.2 Å². The molecule has 1 heterocycles. The van der Waals surface area contributed by atoms with Gasteiger partial charge in [0.05, 0.1) is 11.5 Å².